The number of hydrogen-bond acceptors (Lipinski definition) is 3. The molecule has 3 aliphatic heterocycles. The number of hydrogen-bond donors (Lipinski definition) is 1. The molecule has 3 rings (SSSR count). The van der Waals surface area contributed by atoms with Crippen molar-refractivity contribution in [2.24, 2.45) is 17.8 Å². The second kappa shape index (κ2) is 6.02. The van der Waals surface area contributed by atoms with Gasteiger partial charge in [-0.25, -0.2) is 0 Å². The zero-order valence-corrected chi connectivity index (χ0v) is 13.0. The standard InChI is InChI=1S/C16H29N3O/c1-12(2)13-3-6-18(7-4-13)15-5-8-19(11-15)16(20)14-9-17-10-14/h12-15,17H,3-11H2,1-2H3. The molecule has 3 saturated heterocycles. The van der Waals surface area contributed by atoms with E-state index in [9.17, 15) is 4.79 Å². The average Bonchev–Trinajstić information content (AvgIpc) is 2.86. The number of nitrogens with zero attached hydrogens (tertiary/aromatic N) is 2. The minimum absolute atomic E-state index is 0.264. The first-order chi connectivity index (χ1) is 9.65. The summed E-state index contributed by atoms with van der Waals surface area (Å²) in [5, 5.41) is 3.20. The van der Waals surface area contributed by atoms with E-state index in [0.717, 1.165) is 38.0 Å². The van der Waals surface area contributed by atoms with Crippen molar-refractivity contribution in [3.05, 3.63) is 0 Å². The molecular weight excluding hydrogens is 250 g/mol. The molecule has 0 aromatic carbocycles. The molecule has 0 radical (unpaired) electrons. The van der Waals surface area contributed by atoms with E-state index in [4.69, 9.17) is 0 Å². The summed E-state index contributed by atoms with van der Waals surface area (Å²) in [7, 11) is 0. The summed E-state index contributed by atoms with van der Waals surface area (Å²) >= 11 is 0. The zero-order chi connectivity index (χ0) is 14.1. The van der Waals surface area contributed by atoms with Crippen molar-refractivity contribution < 1.29 is 4.79 Å². The van der Waals surface area contributed by atoms with Crippen molar-refractivity contribution >= 4 is 5.91 Å². The highest BCUT2D eigenvalue weighted by atomic mass is 16.2. The molecule has 0 saturated carbocycles. The van der Waals surface area contributed by atoms with Crippen LogP contribution in [0.25, 0.3) is 0 Å². The van der Waals surface area contributed by atoms with Crippen LogP contribution < -0.4 is 5.32 Å². The minimum atomic E-state index is 0.264. The Morgan fingerprint density at radius 3 is 2.35 bits per heavy atom. The van der Waals surface area contributed by atoms with Crippen LogP contribution in [0.5, 0.6) is 0 Å². The first kappa shape index (κ1) is 14.3. The zero-order valence-electron chi connectivity index (χ0n) is 13.0. The van der Waals surface area contributed by atoms with Gasteiger partial charge in [0.1, 0.15) is 0 Å². The van der Waals surface area contributed by atoms with Crippen LogP contribution in [0.15, 0.2) is 0 Å². The third kappa shape index (κ3) is 2.86. The topological polar surface area (TPSA) is 35.6 Å². The van der Waals surface area contributed by atoms with Gasteiger partial charge in [0.25, 0.3) is 0 Å². The molecule has 4 nitrogen and oxygen atoms in total. The normalized spacial score (nSPS) is 29.9. The van der Waals surface area contributed by atoms with Gasteiger partial charge in [-0.05, 0) is 44.2 Å². The number of likely N-dealkylation sites (tertiary alicyclic amines) is 2. The largest absolute Gasteiger partial charge is 0.341 e. The summed E-state index contributed by atoms with van der Waals surface area (Å²) < 4.78 is 0. The molecule has 0 aromatic rings. The van der Waals surface area contributed by atoms with Crippen LogP contribution in [0, 0.1) is 17.8 Å². The Morgan fingerprint density at radius 2 is 1.80 bits per heavy atom. The molecule has 1 amide bonds. The molecule has 0 aromatic heterocycles. The van der Waals surface area contributed by atoms with Crippen LogP contribution in [0.3, 0.4) is 0 Å². The predicted octanol–water partition coefficient (Wildman–Crippen LogP) is 1.17. The van der Waals surface area contributed by atoms with Gasteiger partial charge in [-0.15, -0.1) is 0 Å². The summed E-state index contributed by atoms with van der Waals surface area (Å²) in [6.45, 7) is 10.9. The van der Waals surface area contributed by atoms with Gasteiger partial charge >= 0.3 is 0 Å². The van der Waals surface area contributed by atoms with Gasteiger partial charge in [0.2, 0.25) is 5.91 Å². The predicted molar refractivity (Wildman–Crippen MR) is 80.5 cm³/mol. The third-order valence-corrected chi connectivity index (χ3v) is 5.64. The van der Waals surface area contributed by atoms with E-state index in [1.54, 1.807) is 0 Å². The lowest BCUT2D eigenvalue weighted by Crippen LogP contribution is -2.52. The quantitative estimate of drug-likeness (QED) is 0.842. The van der Waals surface area contributed by atoms with Gasteiger partial charge in [0.15, 0.2) is 0 Å². The second-order valence-corrected chi connectivity index (χ2v) is 7.20. The molecule has 4 heteroatoms. The fourth-order valence-corrected chi connectivity index (χ4v) is 3.91. The van der Waals surface area contributed by atoms with Crippen LogP contribution in [0.2, 0.25) is 0 Å². The Hall–Kier alpha value is -0.610. The molecule has 1 atom stereocenters. The Morgan fingerprint density at radius 1 is 1.10 bits per heavy atom. The number of nitrogens with one attached hydrogen (secondary N) is 1. The molecule has 114 valence electrons. The van der Waals surface area contributed by atoms with Crippen LogP contribution in [0.4, 0.5) is 0 Å². The van der Waals surface area contributed by atoms with E-state index < -0.39 is 0 Å². The Bertz CT molecular complexity index is 346. The van der Waals surface area contributed by atoms with Crippen molar-refractivity contribution in [3.63, 3.8) is 0 Å². The van der Waals surface area contributed by atoms with E-state index in [-0.39, 0.29) is 5.92 Å². The summed E-state index contributed by atoms with van der Waals surface area (Å²) in [5.41, 5.74) is 0. The molecule has 3 heterocycles. The van der Waals surface area contributed by atoms with Crippen LogP contribution >= 0.6 is 0 Å². The minimum Gasteiger partial charge on any atom is -0.341 e. The van der Waals surface area contributed by atoms with Gasteiger partial charge < -0.3 is 10.2 Å². The number of carbonyl (C=O) groups is 1. The van der Waals surface area contributed by atoms with Crippen molar-refractivity contribution in [3.8, 4) is 0 Å². The molecular formula is C16H29N3O. The fraction of sp³-hybridized carbons (Fsp3) is 0.938. The number of carbonyl (C=O) groups excluding carboxylic acids is 1. The van der Waals surface area contributed by atoms with Crippen LogP contribution in [-0.2, 0) is 4.79 Å². The molecule has 0 bridgehead atoms. The SMILES string of the molecule is CC(C)C1CCN(C2CCN(C(=O)C3CNC3)C2)CC1. The number of rotatable bonds is 3. The Kier molecular flexibility index (Phi) is 4.32. The van der Waals surface area contributed by atoms with E-state index in [0.29, 0.717) is 11.9 Å². The summed E-state index contributed by atoms with van der Waals surface area (Å²) in [5.74, 6) is 2.39. The van der Waals surface area contributed by atoms with E-state index in [1.165, 1.54) is 32.4 Å². The highest BCUT2D eigenvalue weighted by molar-refractivity contribution is 5.80. The maximum absolute atomic E-state index is 12.3. The van der Waals surface area contributed by atoms with Crippen LogP contribution in [0.1, 0.15) is 33.1 Å². The summed E-state index contributed by atoms with van der Waals surface area (Å²) in [6, 6.07) is 0.625. The maximum Gasteiger partial charge on any atom is 0.228 e. The molecule has 3 aliphatic rings. The Labute approximate surface area is 122 Å². The first-order valence-corrected chi connectivity index (χ1v) is 8.38. The van der Waals surface area contributed by atoms with E-state index >= 15 is 0 Å². The Balaban J connectivity index is 1.47. The number of amides is 1. The lowest BCUT2D eigenvalue weighted by atomic mass is 9.86. The second-order valence-electron chi connectivity index (χ2n) is 7.20. The average molecular weight is 279 g/mol. The molecule has 3 fully saturated rings. The van der Waals surface area contributed by atoms with Gasteiger partial charge in [-0.2, -0.15) is 0 Å². The monoisotopic (exact) mass is 279 g/mol. The smallest absolute Gasteiger partial charge is 0.228 e. The highest BCUT2D eigenvalue weighted by Gasteiger charge is 2.36. The van der Waals surface area contributed by atoms with Crippen LogP contribution in [-0.4, -0.2) is 61.0 Å². The molecule has 1 unspecified atom stereocenters. The maximum atomic E-state index is 12.3. The molecule has 0 aliphatic carbocycles. The highest BCUT2D eigenvalue weighted by Crippen LogP contribution is 2.28. The van der Waals surface area contributed by atoms with Gasteiger partial charge in [0, 0.05) is 32.2 Å². The summed E-state index contributed by atoms with van der Waals surface area (Å²) in [6.07, 6.45) is 3.86. The summed E-state index contributed by atoms with van der Waals surface area (Å²) in [4.78, 5) is 17.0. The van der Waals surface area contributed by atoms with Crippen molar-refractivity contribution in [2.45, 2.75) is 39.2 Å². The van der Waals surface area contributed by atoms with E-state index in [2.05, 4.69) is 29.0 Å². The molecule has 0 spiro atoms. The first-order valence-electron chi connectivity index (χ1n) is 8.38. The van der Waals surface area contributed by atoms with Crippen molar-refractivity contribution in [2.75, 3.05) is 39.3 Å². The van der Waals surface area contributed by atoms with Gasteiger partial charge in [-0.3, -0.25) is 9.69 Å². The van der Waals surface area contributed by atoms with Crippen molar-refractivity contribution in [1.82, 2.24) is 15.1 Å². The van der Waals surface area contributed by atoms with E-state index in [1.807, 2.05) is 0 Å². The third-order valence-electron chi connectivity index (χ3n) is 5.64. The van der Waals surface area contributed by atoms with Gasteiger partial charge in [-0.1, -0.05) is 13.8 Å². The fourth-order valence-electron chi connectivity index (χ4n) is 3.91. The van der Waals surface area contributed by atoms with Crippen molar-refractivity contribution in [1.29, 1.82) is 0 Å². The molecule has 20 heavy (non-hydrogen) atoms. The number of piperidine rings is 1. The molecule has 1 N–H and O–H groups in total. The lowest BCUT2D eigenvalue weighted by molar-refractivity contribution is -0.136. The van der Waals surface area contributed by atoms with Gasteiger partial charge in [0.05, 0.1) is 5.92 Å². The lowest BCUT2D eigenvalue weighted by Gasteiger charge is -2.37.